The van der Waals surface area contributed by atoms with E-state index in [0.29, 0.717) is 17.3 Å². The summed E-state index contributed by atoms with van der Waals surface area (Å²) in [6, 6.07) is 9.84. The molecule has 0 unspecified atom stereocenters. The minimum atomic E-state index is 0.662. The molecule has 0 spiro atoms. The Labute approximate surface area is 202 Å². The zero-order valence-corrected chi connectivity index (χ0v) is 20.1. The summed E-state index contributed by atoms with van der Waals surface area (Å²) in [5.41, 5.74) is 2.98. The average molecular weight is 478 g/mol. The lowest BCUT2D eigenvalue weighted by molar-refractivity contribution is 0.0398. The van der Waals surface area contributed by atoms with Gasteiger partial charge in [-0.25, -0.2) is 9.97 Å². The molecule has 9 heteroatoms. The summed E-state index contributed by atoms with van der Waals surface area (Å²) in [5.74, 6) is 2.87. The first-order chi connectivity index (χ1) is 16.8. The zero-order chi connectivity index (χ0) is 23.3. The van der Waals surface area contributed by atoms with Crippen molar-refractivity contribution in [1.82, 2.24) is 19.9 Å². The van der Waals surface area contributed by atoms with E-state index in [4.69, 9.17) is 24.2 Å². The number of nitrogens with one attached hydrogen (secondary N) is 1. The van der Waals surface area contributed by atoms with Crippen LogP contribution >= 0.6 is 11.3 Å². The Kier molecular flexibility index (Phi) is 6.84. The van der Waals surface area contributed by atoms with Crippen LogP contribution < -0.4 is 14.8 Å². The molecule has 4 heterocycles. The number of nitrogens with zero attached hydrogens (tertiary/aromatic N) is 4. The maximum absolute atomic E-state index is 5.54. The summed E-state index contributed by atoms with van der Waals surface area (Å²) in [6.07, 6.45) is 3.55. The molecule has 4 aromatic rings. The Balaban J connectivity index is 1.54. The number of rotatable bonds is 8. The van der Waals surface area contributed by atoms with Crippen molar-refractivity contribution in [1.29, 1.82) is 0 Å². The van der Waals surface area contributed by atoms with Crippen LogP contribution in [0.1, 0.15) is 0 Å². The van der Waals surface area contributed by atoms with Crippen molar-refractivity contribution in [2.45, 2.75) is 0 Å². The summed E-state index contributed by atoms with van der Waals surface area (Å²) in [5, 5.41) is 6.72. The highest BCUT2D eigenvalue weighted by Gasteiger charge is 2.18. The second-order valence-electron chi connectivity index (χ2n) is 7.92. The topological polar surface area (TPSA) is 81.6 Å². The predicted molar refractivity (Wildman–Crippen MR) is 135 cm³/mol. The minimum absolute atomic E-state index is 0.662. The van der Waals surface area contributed by atoms with Crippen LogP contribution in [0.2, 0.25) is 0 Å². The van der Waals surface area contributed by atoms with Crippen LogP contribution in [0.25, 0.3) is 32.7 Å². The molecule has 3 aromatic heterocycles. The molecule has 0 atom stereocenters. The molecule has 1 saturated heterocycles. The normalized spacial score (nSPS) is 14.3. The van der Waals surface area contributed by atoms with E-state index in [1.807, 2.05) is 30.3 Å². The fraction of sp³-hybridized carbons (Fsp3) is 0.320. The number of thiophene rings is 1. The summed E-state index contributed by atoms with van der Waals surface area (Å²) in [6.45, 7) is 5.19. The molecule has 0 radical (unpaired) electrons. The van der Waals surface area contributed by atoms with E-state index in [2.05, 4.69) is 20.6 Å². The SMILES string of the molecule is COc1ccc(-c2csc3nc(-c4cccnc4)nc(NCCN4CCOCC4)c23)cc1OC. The monoisotopic (exact) mass is 477 g/mol. The quantitative estimate of drug-likeness (QED) is 0.405. The van der Waals surface area contributed by atoms with E-state index in [0.717, 1.165) is 72.1 Å². The number of morpholine rings is 1. The van der Waals surface area contributed by atoms with Crippen molar-refractivity contribution < 1.29 is 14.2 Å². The van der Waals surface area contributed by atoms with Gasteiger partial charge in [0.2, 0.25) is 0 Å². The van der Waals surface area contributed by atoms with Crippen LogP contribution in [0, 0.1) is 0 Å². The lowest BCUT2D eigenvalue weighted by Crippen LogP contribution is -2.39. The standard InChI is InChI=1S/C25H27N5O3S/c1-31-20-6-5-17(14-21(20)32-2)19-16-34-25-22(19)24(27-8-9-30-10-12-33-13-11-30)28-23(29-25)18-4-3-7-26-15-18/h3-7,14-16H,8-13H2,1-2H3,(H,27,28,29). The zero-order valence-electron chi connectivity index (χ0n) is 19.3. The van der Waals surface area contributed by atoms with Gasteiger partial charge < -0.3 is 19.5 Å². The summed E-state index contributed by atoms with van der Waals surface area (Å²) in [4.78, 5) is 17.4. The molecule has 176 valence electrons. The van der Waals surface area contributed by atoms with Gasteiger partial charge in [0.05, 0.1) is 32.8 Å². The Hall–Kier alpha value is -3.27. The van der Waals surface area contributed by atoms with Crippen molar-refractivity contribution in [2.24, 2.45) is 0 Å². The van der Waals surface area contributed by atoms with Crippen molar-refractivity contribution in [3.05, 3.63) is 48.1 Å². The fourth-order valence-corrected chi connectivity index (χ4v) is 5.01. The van der Waals surface area contributed by atoms with Gasteiger partial charge in [-0.3, -0.25) is 9.88 Å². The fourth-order valence-electron chi connectivity index (χ4n) is 4.07. The number of hydrogen-bond donors (Lipinski definition) is 1. The van der Waals surface area contributed by atoms with E-state index in [1.54, 1.807) is 38.0 Å². The molecule has 0 saturated carbocycles. The van der Waals surface area contributed by atoms with Gasteiger partial charge in [-0.1, -0.05) is 6.07 Å². The number of fused-ring (bicyclic) bond motifs is 1. The van der Waals surface area contributed by atoms with Gasteiger partial charge in [0, 0.05) is 55.1 Å². The van der Waals surface area contributed by atoms with Gasteiger partial charge in [-0.2, -0.15) is 0 Å². The molecule has 5 rings (SSSR count). The van der Waals surface area contributed by atoms with Gasteiger partial charge >= 0.3 is 0 Å². The molecule has 1 aliphatic heterocycles. The molecular weight excluding hydrogens is 450 g/mol. The van der Waals surface area contributed by atoms with E-state index < -0.39 is 0 Å². The smallest absolute Gasteiger partial charge is 0.164 e. The highest BCUT2D eigenvalue weighted by atomic mass is 32.1. The largest absolute Gasteiger partial charge is 0.493 e. The lowest BCUT2D eigenvalue weighted by atomic mass is 10.1. The van der Waals surface area contributed by atoms with Crippen molar-refractivity contribution >= 4 is 27.4 Å². The average Bonchev–Trinajstić information content (AvgIpc) is 3.33. The molecule has 1 N–H and O–H groups in total. The number of pyridine rings is 1. The predicted octanol–water partition coefficient (Wildman–Crippen LogP) is 4.18. The van der Waals surface area contributed by atoms with E-state index in [9.17, 15) is 0 Å². The molecule has 34 heavy (non-hydrogen) atoms. The Morgan fingerprint density at radius 3 is 2.68 bits per heavy atom. The van der Waals surface area contributed by atoms with E-state index in [-0.39, 0.29) is 0 Å². The van der Waals surface area contributed by atoms with Crippen molar-refractivity contribution in [2.75, 3.05) is 58.9 Å². The highest BCUT2D eigenvalue weighted by molar-refractivity contribution is 7.17. The van der Waals surface area contributed by atoms with Gasteiger partial charge in [0.1, 0.15) is 10.6 Å². The second-order valence-corrected chi connectivity index (χ2v) is 8.78. The third kappa shape index (κ3) is 4.68. The maximum Gasteiger partial charge on any atom is 0.164 e. The molecule has 8 nitrogen and oxygen atoms in total. The van der Waals surface area contributed by atoms with Crippen LogP contribution in [-0.2, 0) is 4.74 Å². The molecular formula is C25H27N5O3S. The molecule has 0 aliphatic carbocycles. The Bertz CT molecular complexity index is 1260. The van der Waals surface area contributed by atoms with Crippen LogP contribution in [0.3, 0.4) is 0 Å². The lowest BCUT2D eigenvalue weighted by Gasteiger charge is -2.26. The number of ether oxygens (including phenoxy) is 3. The van der Waals surface area contributed by atoms with Crippen LogP contribution in [-0.4, -0.2) is 73.5 Å². The van der Waals surface area contributed by atoms with Gasteiger partial charge in [-0.05, 0) is 29.8 Å². The first-order valence-electron chi connectivity index (χ1n) is 11.2. The Morgan fingerprint density at radius 2 is 1.91 bits per heavy atom. The number of benzene rings is 1. The molecule has 0 bridgehead atoms. The van der Waals surface area contributed by atoms with Gasteiger partial charge in [0.25, 0.3) is 0 Å². The first kappa shape index (κ1) is 22.5. The number of aromatic nitrogens is 3. The van der Waals surface area contributed by atoms with Gasteiger partial charge in [0.15, 0.2) is 17.3 Å². The van der Waals surface area contributed by atoms with E-state index >= 15 is 0 Å². The molecule has 1 fully saturated rings. The summed E-state index contributed by atoms with van der Waals surface area (Å²) >= 11 is 1.61. The highest BCUT2D eigenvalue weighted by Crippen LogP contribution is 2.40. The third-order valence-electron chi connectivity index (χ3n) is 5.87. The summed E-state index contributed by atoms with van der Waals surface area (Å²) in [7, 11) is 3.29. The second kappa shape index (κ2) is 10.3. The summed E-state index contributed by atoms with van der Waals surface area (Å²) < 4.78 is 16.4. The molecule has 1 aromatic carbocycles. The van der Waals surface area contributed by atoms with Crippen molar-refractivity contribution in [3.8, 4) is 34.0 Å². The number of anilines is 1. The first-order valence-corrected chi connectivity index (χ1v) is 12.1. The molecule has 1 aliphatic rings. The number of methoxy groups -OCH3 is 2. The van der Waals surface area contributed by atoms with Crippen molar-refractivity contribution in [3.63, 3.8) is 0 Å². The maximum atomic E-state index is 5.54. The number of hydrogen-bond acceptors (Lipinski definition) is 9. The molecule has 0 amide bonds. The minimum Gasteiger partial charge on any atom is -0.493 e. The van der Waals surface area contributed by atoms with Crippen LogP contribution in [0.5, 0.6) is 11.5 Å². The van der Waals surface area contributed by atoms with Crippen LogP contribution in [0.4, 0.5) is 5.82 Å². The van der Waals surface area contributed by atoms with E-state index in [1.165, 1.54) is 0 Å². The Morgan fingerprint density at radius 1 is 1.06 bits per heavy atom. The van der Waals surface area contributed by atoms with Crippen LogP contribution in [0.15, 0.2) is 48.1 Å². The van der Waals surface area contributed by atoms with Gasteiger partial charge in [-0.15, -0.1) is 11.3 Å². The third-order valence-corrected chi connectivity index (χ3v) is 6.74.